The zero-order valence-corrected chi connectivity index (χ0v) is 12.6. The number of hydrazine groups is 1. The quantitative estimate of drug-likeness (QED) is 0.740. The number of hydrogen-bond acceptors (Lipinski definition) is 4. The van der Waals surface area contributed by atoms with Crippen molar-refractivity contribution in [3.63, 3.8) is 0 Å². The second-order valence-electron chi connectivity index (χ2n) is 6.29. The van der Waals surface area contributed by atoms with Crippen LogP contribution in [0, 0.1) is 0 Å². The van der Waals surface area contributed by atoms with Gasteiger partial charge in [0.15, 0.2) is 0 Å². The number of anilines is 1. The third-order valence-corrected chi connectivity index (χ3v) is 4.70. The zero-order valence-electron chi connectivity index (χ0n) is 12.6. The van der Waals surface area contributed by atoms with Crippen LogP contribution >= 0.6 is 0 Å². The molecule has 0 saturated heterocycles. The summed E-state index contributed by atoms with van der Waals surface area (Å²) in [6, 6.07) is 8.06. The van der Waals surface area contributed by atoms with Crippen molar-refractivity contribution in [3.05, 3.63) is 29.8 Å². The predicted octanol–water partition coefficient (Wildman–Crippen LogP) is 3.68. The van der Waals surface area contributed by atoms with E-state index in [-0.39, 0.29) is 0 Å². The fourth-order valence-electron chi connectivity index (χ4n) is 3.36. The van der Waals surface area contributed by atoms with E-state index in [1.54, 1.807) is 0 Å². The molecule has 3 N–H and O–H groups in total. The maximum atomic E-state index is 10.7. The summed E-state index contributed by atoms with van der Waals surface area (Å²) >= 11 is 0. The smallest absolute Gasteiger partial charge is 0.0896 e. The van der Waals surface area contributed by atoms with E-state index in [1.165, 1.54) is 25.0 Å². The Labute approximate surface area is 126 Å². The summed E-state index contributed by atoms with van der Waals surface area (Å²) in [6.45, 7) is 0. The Bertz CT molecular complexity index is 481. The molecule has 4 heteroatoms. The van der Waals surface area contributed by atoms with Gasteiger partial charge in [-0.3, -0.25) is 5.43 Å². The first-order valence-corrected chi connectivity index (χ1v) is 8.16. The molecule has 0 aromatic heterocycles. The summed E-state index contributed by atoms with van der Waals surface area (Å²) in [5.41, 5.74) is 8.66. The number of rotatable bonds is 4. The molecule has 4 nitrogen and oxygen atoms in total. The first kappa shape index (κ1) is 14.4. The largest absolute Gasteiger partial charge is 0.385 e. The van der Waals surface area contributed by atoms with Crippen LogP contribution in [0.5, 0.6) is 0 Å². The number of hydrazone groups is 1. The third kappa shape index (κ3) is 3.56. The molecular formula is C17H25N3O. The van der Waals surface area contributed by atoms with Crippen molar-refractivity contribution >= 4 is 11.4 Å². The van der Waals surface area contributed by atoms with E-state index in [9.17, 15) is 5.11 Å². The highest BCUT2D eigenvalue weighted by Gasteiger charge is 2.30. The summed E-state index contributed by atoms with van der Waals surface area (Å²) in [4.78, 5) is 0. The van der Waals surface area contributed by atoms with Crippen molar-refractivity contribution in [1.82, 2.24) is 5.53 Å². The Balaban J connectivity index is 1.57. The minimum atomic E-state index is -0.617. The molecule has 2 aliphatic rings. The molecule has 3 rings (SSSR count). The van der Waals surface area contributed by atoms with Crippen molar-refractivity contribution in [3.8, 4) is 0 Å². The standard InChI is InChI=1S/C17H25N3O/c21-17(12-4-1-5-13-17)14-8-10-16(11-9-14)19-20-18-15-6-2-3-7-15/h8-11,19-21H,1-7,12-13H2. The maximum absolute atomic E-state index is 10.7. The number of hydrogen-bond donors (Lipinski definition) is 3. The molecule has 1 aromatic carbocycles. The van der Waals surface area contributed by atoms with Gasteiger partial charge in [-0.05, 0) is 56.2 Å². The van der Waals surface area contributed by atoms with E-state index in [2.05, 4.69) is 16.1 Å². The number of benzene rings is 1. The Morgan fingerprint density at radius 1 is 0.905 bits per heavy atom. The fraction of sp³-hybridized carbons (Fsp3) is 0.588. The van der Waals surface area contributed by atoms with Gasteiger partial charge in [0.25, 0.3) is 0 Å². The minimum Gasteiger partial charge on any atom is -0.385 e. The number of aliphatic hydroxyl groups is 1. The van der Waals surface area contributed by atoms with Gasteiger partial charge in [0.1, 0.15) is 0 Å². The molecule has 0 unspecified atom stereocenters. The molecule has 2 aliphatic carbocycles. The lowest BCUT2D eigenvalue weighted by Gasteiger charge is -2.32. The highest BCUT2D eigenvalue weighted by Crippen LogP contribution is 2.37. The second kappa shape index (κ2) is 6.48. The van der Waals surface area contributed by atoms with Crippen LogP contribution in [-0.4, -0.2) is 10.8 Å². The molecule has 1 aromatic rings. The molecule has 2 saturated carbocycles. The minimum absolute atomic E-state index is 0.617. The van der Waals surface area contributed by atoms with Crippen molar-refractivity contribution < 1.29 is 5.11 Å². The molecule has 0 radical (unpaired) electrons. The first-order valence-electron chi connectivity index (χ1n) is 8.16. The van der Waals surface area contributed by atoms with Gasteiger partial charge in [-0.15, -0.1) is 0 Å². The first-order chi connectivity index (χ1) is 10.3. The van der Waals surface area contributed by atoms with E-state index < -0.39 is 5.60 Å². The van der Waals surface area contributed by atoms with E-state index in [0.29, 0.717) is 0 Å². The van der Waals surface area contributed by atoms with Crippen molar-refractivity contribution in [1.29, 1.82) is 0 Å². The Hall–Kier alpha value is -1.55. The highest BCUT2D eigenvalue weighted by atomic mass is 16.3. The van der Waals surface area contributed by atoms with Crippen LogP contribution in [0.25, 0.3) is 0 Å². The van der Waals surface area contributed by atoms with Crippen LogP contribution in [0.2, 0.25) is 0 Å². The molecule has 0 heterocycles. The van der Waals surface area contributed by atoms with Crippen LogP contribution in [0.4, 0.5) is 5.69 Å². The SMILES string of the molecule is OC1(c2ccc(NNN=C3CCCC3)cc2)CCCCC1. The van der Waals surface area contributed by atoms with Gasteiger partial charge in [-0.2, -0.15) is 5.10 Å². The van der Waals surface area contributed by atoms with Gasteiger partial charge in [0.2, 0.25) is 0 Å². The van der Waals surface area contributed by atoms with E-state index in [4.69, 9.17) is 0 Å². The molecule has 0 amide bonds. The molecular weight excluding hydrogens is 262 g/mol. The highest BCUT2D eigenvalue weighted by molar-refractivity contribution is 5.85. The molecule has 0 spiro atoms. The molecule has 0 bridgehead atoms. The van der Waals surface area contributed by atoms with Gasteiger partial charge in [0, 0.05) is 5.71 Å². The van der Waals surface area contributed by atoms with Gasteiger partial charge >= 0.3 is 0 Å². The van der Waals surface area contributed by atoms with E-state index in [1.807, 2.05) is 24.3 Å². The lowest BCUT2D eigenvalue weighted by Crippen LogP contribution is -2.28. The summed E-state index contributed by atoms with van der Waals surface area (Å²) in [7, 11) is 0. The van der Waals surface area contributed by atoms with Gasteiger partial charge in [-0.25, -0.2) is 5.53 Å². The lowest BCUT2D eigenvalue weighted by molar-refractivity contribution is -0.000610. The Morgan fingerprint density at radius 2 is 1.57 bits per heavy atom. The van der Waals surface area contributed by atoms with Crippen LogP contribution in [0.1, 0.15) is 63.4 Å². The normalized spacial score (nSPS) is 21.1. The summed E-state index contributed by atoms with van der Waals surface area (Å²) < 4.78 is 0. The van der Waals surface area contributed by atoms with Crippen LogP contribution < -0.4 is 11.0 Å². The molecule has 0 aliphatic heterocycles. The van der Waals surface area contributed by atoms with Crippen molar-refractivity contribution in [2.45, 2.75) is 63.4 Å². The fourth-order valence-corrected chi connectivity index (χ4v) is 3.36. The molecule has 2 fully saturated rings. The van der Waals surface area contributed by atoms with Crippen LogP contribution in [0.15, 0.2) is 29.4 Å². The van der Waals surface area contributed by atoms with Crippen molar-refractivity contribution in [2.24, 2.45) is 5.10 Å². The zero-order chi connectivity index (χ0) is 14.5. The average molecular weight is 287 g/mol. The van der Waals surface area contributed by atoms with Crippen LogP contribution in [-0.2, 0) is 5.60 Å². The summed E-state index contributed by atoms with van der Waals surface area (Å²) in [6.07, 6.45) is 9.98. The topological polar surface area (TPSA) is 56.6 Å². The molecule has 0 atom stereocenters. The van der Waals surface area contributed by atoms with Crippen molar-refractivity contribution in [2.75, 3.05) is 5.43 Å². The van der Waals surface area contributed by atoms with Gasteiger partial charge in [-0.1, -0.05) is 31.4 Å². The summed E-state index contributed by atoms with van der Waals surface area (Å²) in [5.74, 6) is 0. The summed E-state index contributed by atoms with van der Waals surface area (Å²) in [5, 5.41) is 15.0. The number of nitrogens with zero attached hydrogens (tertiary/aromatic N) is 1. The van der Waals surface area contributed by atoms with E-state index >= 15 is 0 Å². The number of nitrogens with one attached hydrogen (secondary N) is 2. The Kier molecular flexibility index (Phi) is 4.44. The van der Waals surface area contributed by atoms with Gasteiger partial charge < -0.3 is 5.11 Å². The average Bonchev–Trinajstić information content (AvgIpc) is 3.02. The molecule has 21 heavy (non-hydrogen) atoms. The predicted molar refractivity (Wildman–Crippen MR) is 86.1 cm³/mol. The monoisotopic (exact) mass is 287 g/mol. The Morgan fingerprint density at radius 3 is 2.24 bits per heavy atom. The third-order valence-electron chi connectivity index (χ3n) is 4.70. The molecule has 114 valence electrons. The maximum Gasteiger partial charge on any atom is 0.0896 e. The van der Waals surface area contributed by atoms with Gasteiger partial charge in [0.05, 0.1) is 11.3 Å². The van der Waals surface area contributed by atoms with Crippen LogP contribution in [0.3, 0.4) is 0 Å². The van der Waals surface area contributed by atoms with E-state index in [0.717, 1.165) is 49.8 Å². The second-order valence-corrected chi connectivity index (χ2v) is 6.29. The lowest BCUT2D eigenvalue weighted by atomic mass is 9.80.